The van der Waals surface area contributed by atoms with Crippen molar-refractivity contribution in [3.63, 3.8) is 0 Å². The number of nitrogens with zero attached hydrogens (tertiary/aromatic N) is 2. The van der Waals surface area contributed by atoms with Crippen LogP contribution >= 0.6 is 0 Å². The average Bonchev–Trinajstić information content (AvgIpc) is 2.16. The lowest BCUT2D eigenvalue weighted by atomic mass is 10.1. The molecule has 0 spiro atoms. The summed E-state index contributed by atoms with van der Waals surface area (Å²) < 4.78 is 22.7. The van der Waals surface area contributed by atoms with Crippen LogP contribution in [-0.4, -0.2) is 19.7 Å². The van der Waals surface area contributed by atoms with Crippen molar-refractivity contribution in [3.8, 4) is 6.07 Å². The minimum Gasteiger partial charge on any atom is -0.240 e. The first-order valence-electron chi connectivity index (χ1n) is 4.50. The third-order valence-electron chi connectivity index (χ3n) is 2.14. The Morgan fingerprint density at radius 1 is 1.53 bits per heavy atom. The Morgan fingerprint density at radius 2 is 2.13 bits per heavy atom. The van der Waals surface area contributed by atoms with Crippen molar-refractivity contribution < 1.29 is 8.42 Å². The highest BCUT2D eigenvalue weighted by molar-refractivity contribution is 7.90. The molecule has 0 fully saturated rings. The summed E-state index contributed by atoms with van der Waals surface area (Å²) in [6.07, 6.45) is 1.79. The summed E-state index contributed by atoms with van der Waals surface area (Å²) in [6, 6.07) is 3.46. The topological polar surface area (TPSA) is 70.8 Å². The fourth-order valence-electron chi connectivity index (χ4n) is 1.35. The molecule has 0 atom stereocenters. The van der Waals surface area contributed by atoms with Gasteiger partial charge in [-0.15, -0.1) is 0 Å². The van der Waals surface area contributed by atoms with Crippen LogP contribution in [0.3, 0.4) is 0 Å². The highest BCUT2D eigenvalue weighted by Crippen LogP contribution is 2.17. The summed E-state index contributed by atoms with van der Waals surface area (Å²) in [7, 11) is -3.43. The fourth-order valence-corrected chi connectivity index (χ4v) is 2.15. The Bertz CT molecular complexity index is 527. The molecule has 15 heavy (non-hydrogen) atoms. The zero-order valence-corrected chi connectivity index (χ0v) is 9.72. The van der Waals surface area contributed by atoms with Crippen LogP contribution in [0.25, 0.3) is 0 Å². The van der Waals surface area contributed by atoms with E-state index in [-0.39, 0.29) is 10.6 Å². The van der Waals surface area contributed by atoms with Gasteiger partial charge in [0.05, 0.1) is 5.56 Å². The van der Waals surface area contributed by atoms with Gasteiger partial charge in [-0.2, -0.15) is 5.26 Å². The summed E-state index contributed by atoms with van der Waals surface area (Å²) in [4.78, 5) is 3.98. The number of hydrogen-bond acceptors (Lipinski definition) is 4. The monoisotopic (exact) mass is 224 g/mol. The Morgan fingerprint density at radius 3 is 2.53 bits per heavy atom. The van der Waals surface area contributed by atoms with E-state index in [2.05, 4.69) is 4.98 Å². The third kappa shape index (κ3) is 2.34. The Balaban J connectivity index is 3.57. The maximum absolute atomic E-state index is 11.4. The first kappa shape index (κ1) is 11.7. The number of sulfone groups is 1. The molecule has 0 unspecified atom stereocenters. The van der Waals surface area contributed by atoms with E-state index in [1.165, 1.54) is 0 Å². The van der Waals surface area contributed by atoms with Gasteiger partial charge in [-0.1, -0.05) is 6.92 Å². The number of rotatable bonds is 2. The molecule has 0 aliphatic rings. The molecule has 0 aliphatic heterocycles. The van der Waals surface area contributed by atoms with Gasteiger partial charge in [0.15, 0.2) is 14.9 Å². The lowest BCUT2D eigenvalue weighted by molar-refractivity contribution is 0.597. The van der Waals surface area contributed by atoms with E-state index in [0.29, 0.717) is 5.69 Å². The standard InChI is InChI=1S/C10H12N2O2S/c1-4-8-5-9(6-11)10(12-7(8)2)15(3,13)14/h5H,4H2,1-3H3. The molecule has 0 saturated heterocycles. The lowest BCUT2D eigenvalue weighted by Gasteiger charge is -2.06. The van der Waals surface area contributed by atoms with Gasteiger partial charge in [0.25, 0.3) is 0 Å². The minimum atomic E-state index is -3.43. The molecule has 4 nitrogen and oxygen atoms in total. The van der Waals surface area contributed by atoms with Gasteiger partial charge >= 0.3 is 0 Å². The van der Waals surface area contributed by atoms with Gasteiger partial charge in [0, 0.05) is 11.9 Å². The van der Waals surface area contributed by atoms with Crippen LogP contribution in [0.5, 0.6) is 0 Å². The van der Waals surface area contributed by atoms with Crippen molar-refractivity contribution in [2.24, 2.45) is 0 Å². The van der Waals surface area contributed by atoms with E-state index in [4.69, 9.17) is 5.26 Å². The van der Waals surface area contributed by atoms with Crippen LogP contribution in [0, 0.1) is 18.3 Å². The summed E-state index contributed by atoms with van der Waals surface area (Å²) >= 11 is 0. The highest BCUT2D eigenvalue weighted by Gasteiger charge is 2.17. The zero-order valence-electron chi connectivity index (χ0n) is 8.90. The van der Waals surface area contributed by atoms with Gasteiger partial charge in [-0.05, 0) is 25.0 Å². The summed E-state index contributed by atoms with van der Waals surface area (Å²) in [6.45, 7) is 3.68. The summed E-state index contributed by atoms with van der Waals surface area (Å²) in [5.41, 5.74) is 1.69. The summed E-state index contributed by atoms with van der Waals surface area (Å²) in [5.74, 6) is 0. The van der Waals surface area contributed by atoms with E-state index >= 15 is 0 Å². The largest absolute Gasteiger partial charge is 0.240 e. The van der Waals surface area contributed by atoms with E-state index in [9.17, 15) is 8.42 Å². The predicted molar refractivity (Wildman–Crippen MR) is 56.2 cm³/mol. The van der Waals surface area contributed by atoms with Crippen molar-refractivity contribution in [1.82, 2.24) is 4.98 Å². The van der Waals surface area contributed by atoms with Crippen molar-refractivity contribution in [2.75, 3.05) is 6.26 Å². The molecule has 0 radical (unpaired) electrons. The maximum atomic E-state index is 11.4. The minimum absolute atomic E-state index is 0.125. The van der Waals surface area contributed by atoms with Crippen LogP contribution in [0.4, 0.5) is 0 Å². The first-order chi connectivity index (χ1) is 6.90. The molecule has 0 aromatic carbocycles. The van der Waals surface area contributed by atoms with Crippen LogP contribution in [0.1, 0.15) is 23.7 Å². The lowest BCUT2D eigenvalue weighted by Crippen LogP contribution is -2.07. The molecule has 1 heterocycles. The van der Waals surface area contributed by atoms with Crippen molar-refractivity contribution >= 4 is 9.84 Å². The number of aryl methyl sites for hydroxylation is 2. The number of hydrogen-bond donors (Lipinski definition) is 0. The molecule has 1 aromatic rings. The second-order valence-corrected chi connectivity index (χ2v) is 5.25. The Hall–Kier alpha value is -1.41. The molecule has 1 aromatic heterocycles. The second kappa shape index (κ2) is 3.99. The van der Waals surface area contributed by atoms with Crippen molar-refractivity contribution in [1.29, 1.82) is 5.26 Å². The van der Waals surface area contributed by atoms with E-state index in [0.717, 1.165) is 18.2 Å². The Labute approximate surface area is 89.5 Å². The smallest absolute Gasteiger partial charge is 0.194 e. The van der Waals surface area contributed by atoms with Gasteiger partial charge in [0.2, 0.25) is 0 Å². The van der Waals surface area contributed by atoms with Gasteiger partial charge < -0.3 is 0 Å². The number of nitriles is 1. The molecule has 0 saturated carbocycles. The third-order valence-corrected chi connectivity index (χ3v) is 3.15. The molecule has 0 aliphatic carbocycles. The highest BCUT2D eigenvalue weighted by atomic mass is 32.2. The maximum Gasteiger partial charge on any atom is 0.194 e. The van der Waals surface area contributed by atoms with Crippen molar-refractivity contribution in [3.05, 3.63) is 22.9 Å². The second-order valence-electron chi connectivity index (χ2n) is 3.32. The fraction of sp³-hybridized carbons (Fsp3) is 0.400. The van der Waals surface area contributed by atoms with E-state index < -0.39 is 9.84 Å². The normalized spacial score (nSPS) is 11.1. The van der Waals surface area contributed by atoms with Crippen LogP contribution < -0.4 is 0 Å². The zero-order chi connectivity index (χ0) is 11.6. The van der Waals surface area contributed by atoms with Crippen LogP contribution in [-0.2, 0) is 16.3 Å². The molecule has 1 rings (SSSR count). The number of aromatic nitrogens is 1. The van der Waals surface area contributed by atoms with Crippen LogP contribution in [0.2, 0.25) is 0 Å². The first-order valence-corrected chi connectivity index (χ1v) is 6.40. The van der Waals surface area contributed by atoms with Gasteiger partial charge in [-0.25, -0.2) is 13.4 Å². The predicted octanol–water partition coefficient (Wildman–Crippen LogP) is 1.23. The molecule has 0 amide bonds. The van der Waals surface area contributed by atoms with E-state index in [1.54, 1.807) is 13.0 Å². The van der Waals surface area contributed by atoms with E-state index in [1.807, 2.05) is 13.0 Å². The molecular weight excluding hydrogens is 212 g/mol. The molecule has 0 bridgehead atoms. The Kier molecular flexibility index (Phi) is 3.10. The SMILES string of the molecule is CCc1cc(C#N)c(S(C)(=O)=O)nc1C. The molecule has 80 valence electrons. The molecule has 5 heteroatoms. The van der Waals surface area contributed by atoms with Crippen LogP contribution in [0.15, 0.2) is 11.1 Å². The quantitative estimate of drug-likeness (QED) is 0.757. The summed E-state index contributed by atoms with van der Waals surface area (Å²) in [5, 5.41) is 8.71. The average molecular weight is 224 g/mol. The molecular formula is C10H12N2O2S. The van der Waals surface area contributed by atoms with Gasteiger partial charge in [-0.3, -0.25) is 0 Å². The van der Waals surface area contributed by atoms with Crippen molar-refractivity contribution in [2.45, 2.75) is 25.3 Å². The molecule has 0 N–H and O–H groups in total. The van der Waals surface area contributed by atoms with Gasteiger partial charge in [0.1, 0.15) is 6.07 Å². The number of pyridine rings is 1.